The van der Waals surface area contributed by atoms with Crippen LogP contribution in [0, 0.1) is 5.92 Å². The van der Waals surface area contributed by atoms with E-state index in [1.54, 1.807) is 7.11 Å². The average Bonchev–Trinajstić information content (AvgIpc) is 3.04. The van der Waals surface area contributed by atoms with E-state index >= 15 is 0 Å². The van der Waals surface area contributed by atoms with Gasteiger partial charge in [-0.3, -0.25) is 4.79 Å². The third-order valence-electron chi connectivity index (χ3n) is 2.75. The Bertz CT molecular complexity index is 198. The van der Waals surface area contributed by atoms with Gasteiger partial charge >= 0.3 is 0 Å². The van der Waals surface area contributed by atoms with E-state index in [-0.39, 0.29) is 18.3 Å². The zero-order valence-electron chi connectivity index (χ0n) is 10.2. The van der Waals surface area contributed by atoms with Crippen molar-refractivity contribution in [3.05, 3.63) is 0 Å². The number of methoxy groups -OCH3 is 1. The normalized spacial score (nSPS) is 14.4. The Kier molecular flexibility index (Phi) is 8.61. The van der Waals surface area contributed by atoms with Crippen molar-refractivity contribution in [2.24, 2.45) is 5.92 Å². The SMILES string of the molecule is COCCNCC(=O)N(C)CCC1CC1.Cl. The van der Waals surface area contributed by atoms with Crippen molar-refractivity contribution in [3.8, 4) is 0 Å². The number of ether oxygens (including phenoxy) is 1. The van der Waals surface area contributed by atoms with E-state index in [4.69, 9.17) is 4.74 Å². The van der Waals surface area contributed by atoms with E-state index < -0.39 is 0 Å². The first-order valence-corrected chi connectivity index (χ1v) is 5.67. The lowest BCUT2D eigenvalue weighted by molar-refractivity contribution is -0.129. The number of nitrogens with one attached hydrogen (secondary N) is 1. The van der Waals surface area contributed by atoms with Gasteiger partial charge in [0.1, 0.15) is 0 Å². The highest BCUT2D eigenvalue weighted by Crippen LogP contribution is 2.32. The minimum Gasteiger partial charge on any atom is -0.383 e. The van der Waals surface area contributed by atoms with Gasteiger partial charge in [-0.25, -0.2) is 0 Å². The van der Waals surface area contributed by atoms with E-state index in [1.807, 2.05) is 11.9 Å². The molecule has 0 radical (unpaired) electrons. The fourth-order valence-electron chi connectivity index (χ4n) is 1.41. The zero-order valence-corrected chi connectivity index (χ0v) is 11.0. The Morgan fingerprint density at radius 1 is 1.50 bits per heavy atom. The van der Waals surface area contributed by atoms with Gasteiger partial charge < -0.3 is 15.0 Å². The van der Waals surface area contributed by atoms with E-state index in [1.165, 1.54) is 19.3 Å². The molecule has 0 aromatic heterocycles. The number of hydrogen-bond donors (Lipinski definition) is 1. The Morgan fingerprint density at radius 2 is 2.19 bits per heavy atom. The van der Waals surface area contributed by atoms with Gasteiger partial charge in [0.05, 0.1) is 13.2 Å². The lowest BCUT2D eigenvalue weighted by Crippen LogP contribution is -2.37. The summed E-state index contributed by atoms with van der Waals surface area (Å²) in [6, 6.07) is 0. The molecule has 1 N–H and O–H groups in total. The van der Waals surface area contributed by atoms with Gasteiger partial charge in [-0.15, -0.1) is 12.4 Å². The first kappa shape index (κ1) is 15.7. The van der Waals surface area contributed by atoms with Crippen LogP contribution in [0.3, 0.4) is 0 Å². The number of likely N-dealkylation sites (N-methyl/N-ethyl adjacent to an activating group) is 1. The molecule has 1 fully saturated rings. The third kappa shape index (κ3) is 7.04. The van der Waals surface area contributed by atoms with Crippen LogP contribution < -0.4 is 5.32 Å². The van der Waals surface area contributed by atoms with Crippen LogP contribution in [0.2, 0.25) is 0 Å². The summed E-state index contributed by atoms with van der Waals surface area (Å²) in [6.07, 6.45) is 3.88. The molecule has 1 aliphatic carbocycles. The molecule has 0 aliphatic heterocycles. The molecule has 0 saturated heterocycles. The lowest BCUT2D eigenvalue weighted by atomic mass is 10.3. The maximum atomic E-state index is 11.6. The van der Waals surface area contributed by atoms with Crippen LogP contribution in [0.1, 0.15) is 19.3 Å². The van der Waals surface area contributed by atoms with Crippen molar-refractivity contribution >= 4 is 18.3 Å². The summed E-state index contributed by atoms with van der Waals surface area (Å²) in [4.78, 5) is 13.4. The van der Waals surface area contributed by atoms with Crippen molar-refractivity contribution in [1.29, 1.82) is 0 Å². The van der Waals surface area contributed by atoms with Crippen LogP contribution in [-0.4, -0.2) is 51.2 Å². The molecule has 0 spiro atoms. The molecule has 0 aromatic carbocycles. The van der Waals surface area contributed by atoms with Crippen molar-refractivity contribution in [3.63, 3.8) is 0 Å². The predicted octanol–water partition coefficient (Wildman–Crippen LogP) is 0.903. The minimum atomic E-state index is 0. The summed E-state index contributed by atoms with van der Waals surface area (Å²) >= 11 is 0. The molecule has 0 unspecified atom stereocenters. The summed E-state index contributed by atoms with van der Waals surface area (Å²) in [7, 11) is 3.54. The second-order valence-electron chi connectivity index (χ2n) is 4.22. The fourth-order valence-corrected chi connectivity index (χ4v) is 1.41. The van der Waals surface area contributed by atoms with Crippen LogP contribution >= 0.6 is 12.4 Å². The van der Waals surface area contributed by atoms with E-state index in [0.29, 0.717) is 13.2 Å². The maximum absolute atomic E-state index is 11.6. The van der Waals surface area contributed by atoms with Crippen LogP contribution in [0.25, 0.3) is 0 Å². The maximum Gasteiger partial charge on any atom is 0.236 e. The lowest BCUT2D eigenvalue weighted by Gasteiger charge is -2.17. The molecule has 96 valence electrons. The molecule has 0 atom stereocenters. The predicted molar refractivity (Wildman–Crippen MR) is 67.0 cm³/mol. The number of nitrogens with zero attached hydrogens (tertiary/aromatic N) is 1. The highest BCUT2D eigenvalue weighted by molar-refractivity contribution is 5.85. The van der Waals surface area contributed by atoms with Crippen molar-refractivity contribution in [2.75, 3.05) is 40.4 Å². The Hall–Kier alpha value is -0.320. The molecule has 1 rings (SSSR count). The number of hydrogen-bond acceptors (Lipinski definition) is 3. The van der Waals surface area contributed by atoms with Crippen molar-refractivity contribution < 1.29 is 9.53 Å². The molecular weight excluding hydrogens is 228 g/mol. The van der Waals surface area contributed by atoms with E-state index in [9.17, 15) is 4.79 Å². The second-order valence-corrected chi connectivity index (χ2v) is 4.22. The summed E-state index contributed by atoms with van der Waals surface area (Å²) in [5, 5.41) is 3.05. The van der Waals surface area contributed by atoms with Crippen molar-refractivity contribution in [2.45, 2.75) is 19.3 Å². The smallest absolute Gasteiger partial charge is 0.236 e. The molecule has 4 nitrogen and oxygen atoms in total. The summed E-state index contributed by atoms with van der Waals surface area (Å²) in [5.41, 5.74) is 0. The van der Waals surface area contributed by atoms with Gasteiger partial charge in [0.15, 0.2) is 0 Å². The molecule has 16 heavy (non-hydrogen) atoms. The largest absolute Gasteiger partial charge is 0.383 e. The number of carbonyl (C=O) groups is 1. The number of amides is 1. The topological polar surface area (TPSA) is 41.6 Å². The average molecular weight is 251 g/mol. The zero-order chi connectivity index (χ0) is 11.1. The molecule has 0 bridgehead atoms. The van der Waals surface area contributed by atoms with E-state index in [0.717, 1.165) is 19.0 Å². The Balaban J connectivity index is 0.00000225. The Morgan fingerprint density at radius 3 is 2.75 bits per heavy atom. The van der Waals surface area contributed by atoms with Gasteiger partial charge in [-0.2, -0.15) is 0 Å². The highest BCUT2D eigenvalue weighted by Gasteiger charge is 2.21. The van der Waals surface area contributed by atoms with Gasteiger partial charge in [0.25, 0.3) is 0 Å². The number of halogens is 1. The van der Waals surface area contributed by atoms with Gasteiger partial charge in [-0.05, 0) is 12.3 Å². The molecule has 0 aromatic rings. The van der Waals surface area contributed by atoms with Crippen LogP contribution in [0.4, 0.5) is 0 Å². The first-order valence-electron chi connectivity index (χ1n) is 5.67. The van der Waals surface area contributed by atoms with Gasteiger partial charge in [0.2, 0.25) is 5.91 Å². The highest BCUT2D eigenvalue weighted by atomic mass is 35.5. The molecule has 5 heteroatoms. The molecule has 1 aliphatic rings. The second kappa shape index (κ2) is 8.79. The summed E-state index contributed by atoms with van der Waals surface area (Å²) < 4.78 is 4.88. The van der Waals surface area contributed by atoms with Crippen LogP contribution in [0.5, 0.6) is 0 Å². The molecule has 0 heterocycles. The monoisotopic (exact) mass is 250 g/mol. The first-order chi connectivity index (χ1) is 7.24. The quantitative estimate of drug-likeness (QED) is 0.651. The Labute approximate surface area is 104 Å². The summed E-state index contributed by atoms with van der Waals surface area (Å²) in [6.45, 7) is 2.71. The van der Waals surface area contributed by atoms with Crippen LogP contribution in [-0.2, 0) is 9.53 Å². The molecule has 1 amide bonds. The van der Waals surface area contributed by atoms with E-state index in [2.05, 4.69) is 5.32 Å². The molecular formula is C11H23ClN2O2. The fraction of sp³-hybridized carbons (Fsp3) is 0.909. The van der Waals surface area contributed by atoms with Crippen molar-refractivity contribution in [1.82, 2.24) is 10.2 Å². The van der Waals surface area contributed by atoms with Gasteiger partial charge in [-0.1, -0.05) is 12.8 Å². The standard InChI is InChI=1S/C11H22N2O2.ClH/c1-13(7-5-10-3-4-10)11(14)9-12-6-8-15-2;/h10,12H,3-9H2,1-2H3;1H. The minimum absolute atomic E-state index is 0. The number of carbonyl (C=O) groups excluding carboxylic acids is 1. The molecule has 1 saturated carbocycles. The van der Waals surface area contributed by atoms with Crippen LogP contribution in [0.15, 0.2) is 0 Å². The summed E-state index contributed by atoms with van der Waals surface area (Å²) in [5.74, 6) is 1.06. The number of rotatable bonds is 8. The van der Waals surface area contributed by atoms with Gasteiger partial charge in [0, 0.05) is 27.2 Å². The third-order valence-corrected chi connectivity index (χ3v) is 2.75.